The summed E-state index contributed by atoms with van der Waals surface area (Å²) in [4.78, 5) is 9.93. The maximum Gasteiger partial charge on any atom is 0.248 e. The van der Waals surface area contributed by atoms with Gasteiger partial charge in [-0.15, -0.1) is 0 Å². The summed E-state index contributed by atoms with van der Waals surface area (Å²) in [7, 11) is 0. The molecule has 3 nitrogen and oxygen atoms in total. The highest BCUT2D eigenvalue weighted by Gasteiger charge is 2.02. The zero-order chi connectivity index (χ0) is 12.7. The van der Waals surface area contributed by atoms with E-state index in [1.165, 1.54) is 24.8 Å². The van der Waals surface area contributed by atoms with E-state index >= 15 is 0 Å². The van der Waals surface area contributed by atoms with Crippen molar-refractivity contribution in [2.75, 3.05) is 0 Å². The van der Waals surface area contributed by atoms with Crippen LogP contribution in [0.5, 0.6) is 0 Å². The molecule has 92 valence electrons. The summed E-state index contributed by atoms with van der Waals surface area (Å²) < 4.78 is 0.660. The van der Waals surface area contributed by atoms with Crippen molar-refractivity contribution in [1.29, 1.82) is 0 Å². The lowest BCUT2D eigenvalue weighted by atomic mass is 10.1. The molecular weight excluding hydrogens is 329 g/mol. The van der Waals surface area contributed by atoms with Crippen LogP contribution in [0.1, 0.15) is 37.3 Å². The van der Waals surface area contributed by atoms with Crippen LogP contribution in [-0.4, -0.2) is 4.92 Å². The highest BCUT2D eigenvalue weighted by Crippen LogP contribution is 2.22. The Morgan fingerprint density at radius 1 is 1.35 bits per heavy atom. The average molecular weight is 345 g/mol. The summed E-state index contributed by atoms with van der Waals surface area (Å²) in [5, 5.41) is 10.3. The number of nitro groups is 1. The van der Waals surface area contributed by atoms with E-state index in [4.69, 9.17) is 0 Å². The molecule has 0 aliphatic rings. The molecule has 0 fully saturated rings. The van der Waals surface area contributed by atoms with Crippen LogP contribution in [0, 0.1) is 10.1 Å². The number of aryl methyl sites for hydroxylation is 1. The monoisotopic (exact) mass is 345 g/mol. The Hall–Kier alpha value is -0.910. The highest BCUT2D eigenvalue weighted by atomic mass is 127. The van der Waals surface area contributed by atoms with Crippen LogP contribution in [0.2, 0.25) is 0 Å². The number of benzene rings is 1. The highest BCUT2D eigenvalue weighted by molar-refractivity contribution is 14.1. The van der Waals surface area contributed by atoms with Crippen LogP contribution in [0.3, 0.4) is 0 Å². The van der Waals surface area contributed by atoms with Crippen molar-refractivity contribution in [2.24, 2.45) is 0 Å². The smallest absolute Gasteiger partial charge is 0.248 e. The molecule has 0 amide bonds. The molecule has 4 heteroatoms. The van der Waals surface area contributed by atoms with Gasteiger partial charge < -0.3 is 0 Å². The molecule has 1 rings (SSSR count). The van der Waals surface area contributed by atoms with Crippen LogP contribution in [0.4, 0.5) is 0 Å². The second-order valence-electron chi connectivity index (χ2n) is 3.92. The van der Waals surface area contributed by atoms with Gasteiger partial charge in [-0.05, 0) is 46.6 Å². The molecule has 0 spiro atoms. The van der Waals surface area contributed by atoms with Gasteiger partial charge in [0.25, 0.3) is 0 Å². The first kappa shape index (κ1) is 14.2. The second-order valence-corrected chi connectivity index (χ2v) is 5.08. The van der Waals surface area contributed by atoms with Crippen LogP contribution in [-0.2, 0) is 6.42 Å². The third kappa shape index (κ3) is 5.30. The van der Waals surface area contributed by atoms with Gasteiger partial charge in [0, 0.05) is 0 Å². The number of hydrogen-bond donors (Lipinski definition) is 0. The Balaban J connectivity index is 2.64. The van der Waals surface area contributed by atoms with Crippen LogP contribution < -0.4 is 0 Å². The normalized spacial score (nSPS) is 11.5. The van der Waals surface area contributed by atoms with Gasteiger partial charge in [-0.1, -0.05) is 44.0 Å². The minimum atomic E-state index is -0.420. The van der Waals surface area contributed by atoms with Gasteiger partial charge in [-0.2, -0.15) is 0 Å². The zero-order valence-electron chi connectivity index (χ0n) is 9.86. The first-order valence-corrected chi connectivity index (χ1v) is 6.81. The van der Waals surface area contributed by atoms with Crippen molar-refractivity contribution in [2.45, 2.75) is 32.6 Å². The molecule has 0 saturated carbocycles. The topological polar surface area (TPSA) is 43.1 Å². The lowest BCUT2D eigenvalue weighted by Gasteiger charge is -2.02. The fourth-order valence-electron chi connectivity index (χ4n) is 1.58. The maximum atomic E-state index is 10.3. The lowest BCUT2D eigenvalue weighted by Crippen LogP contribution is -1.88. The van der Waals surface area contributed by atoms with E-state index in [0.29, 0.717) is 3.58 Å². The molecule has 17 heavy (non-hydrogen) atoms. The summed E-state index contributed by atoms with van der Waals surface area (Å²) in [5.74, 6) is 0. The van der Waals surface area contributed by atoms with E-state index in [2.05, 4.69) is 19.1 Å². The molecule has 0 radical (unpaired) electrons. The molecule has 0 unspecified atom stereocenters. The predicted octanol–water partition coefficient (Wildman–Crippen LogP) is 4.43. The summed E-state index contributed by atoms with van der Waals surface area (Å²) >= 11 is 1.99. The summed E-state index contributed by atoms with van der Waals surface area (Å²) in [6.45, 7) is 2.19. The van der Waals surface area contributed by atoms with E-state index in [-0.39, 0.29) is 0 Å². The molecule has 1 aromatic rings. The third-order valence-corrected chi connectivity index (χ3v) is 3.42. The van der Waals surface area contributed by atoms with Gasteiger partial charge in [0.05, 0.1) is 8.50 Å². The zero-order valence-corrected chi connectivity index (χ0v) is 12.0. The van der Waals surface area contributed by atoms with Crippen LogP contribution in [0.15, 0.2) is 30.5 Å². The van der Waals surface area contributed by atoms with E-state index in [9.17, 15) is 10.1 Å². The summed E-state index contributed by atoms with van der Waals surface area (Å²) in [6.07, 6.45) is 5.80. The largest absolute Gasteiger partial charge is 0.259 e. The van der Waals surface area contributed by atoms with Crippen molar-refractivity contribution in [3.8, 4) is 0 Å². The predicted molar refractivity (Wildman–Crippen MR) is 78.7 cm³/mol. The molecule has 0 saturated heterocycles. The molecule has 0 atom stereocenters. The number of rotatable bonds is 6. The van der Waals surface area contributed by atoms with Crippen molar-refractivity contribution in [3.05, 3.63) is 51.7 Å². The van der Waals surface area contributed by atoms with Crippen molar-refractivity contribution >= 4 is 26.2 Å². The van der Waals surface area contributed by atoms with Gasteiger partial charge in [0.1, 0.15) is 0 Å². The van der Waals surface area contributed by atoms with Gasteiger partial charge in [0.2, 0.25) is 6.20 Å². The van der Waals surface area contributed by atoms with E-state index in [1.807, 2.05) is 34.7 Å². The second kappa shape index (κ2) is 7.42. The SMILES string of the molecule is CCCCCc1ccc(/C(I)=C/[N+](=O)[O-])cc1. The molecule has 0 heterocycles. The molecule has 1 aromatic carbocycles. The quantitative estimate of drug-likeness (QED) is 0.331. The number of unbranched alkanes of at least 4 members (excludes halogenated alkanes) is 2. The Morgan fingerprint density at radius 3 is 2.53 bits per heavy atom. The Labute approximate surface area is 115 Å². The van der Waals surface area contributed by atoms with E-state index in [1.54, 1.807) is 0 Å². The Kier molecular flexibility index (Phi) is 6.18. The Bertz CT molecular complexity index is 398. The van der Waals surface area contributed by atoms with Gasteiger partial charge in [-0.25, -0.2) is 0 Å². The minimum Gasteiger partial charge on any atom is -0.259 e. The van der Waals surface area contributed by atoms with Gasteiger partial charge >= 0.3 is 0 Å². The fourth-order valence-corrected chi connectivity index (χ4v) is 2.16. The first-order valence-electron chi connectivity index (χ1n) is 5.73. The summed E-state index contributed by atoms with van der Waals surface area (Å²) in [5.41, 5.74) is 2.20. The number of halogens is 1. The minimum absolute atomic E-state index is 0.420. The average Bonchev–Trinajstić information content (AvgIpc) is 2.29. The molecule has 0 N–H and O–H groups in total. The van der Waals surface area contributed by atoms with Crippen LogP contribution in [0.25, 0.3) is 3.58 Å². The molecular formula is C13H16INO2. The molecule has 0 aromatic heterocycles. The van der Waals surface area contributed by atoms with Gasteiger partial charge in [-0.3, -0.25) is 10.1 Å². The van der Waals surface area contributed by atoms with Crippen molar-refractivity contribution in [1.82, 2.24) is 0 Å². The summed E-state index contributed by atoms with van der Waals surface area (Å²) in [6, 6.07) is 8.00. The number of nitrogens with zero attached hydrogens (tertiary/aromatic N) is 1. The van der Waals surface area contributed by atoms with Crippen molar-refractivity contribution < 1.29 is 4.92 Å². The van der Waals surface area contributed by atoms with Gasteiger partial charge in [0.15, 0.2) is 0 Å². The molecule has 0 aliphatic heterocycles. The third-order valence-electron chi connectivity index (χ3n) is 2.52. The van der Waals surface area contributed by atoms with Crippen LogP contribution >= 0.6 is 22.6 Å². The van der Waals surface area contributed by atoms with E-state index < -0.39 is 4.92 Å². The number of hydrogen-bond acceptors (Lipinski definition) is 2. The van der Waals surface area contributed by atoms with Crippen molar-refractivity contribution in [3.63, 3.8) is 0 Å². The standard InChI is InChI=1S/C13H16INO2/c1-2-3-4-5-11-6-8-12(9-7-11)13(14)10-15(16)17/h6-10H,2-5H2,1H3/b13-10-. The molecule has 0 bridgehead atoms. The first-order chi connectivity index (χ1) is 8.13. The fraction of sp³-hybridized carbons (Fsp3) is 0.385. The molecule has 0 aliphatic carbocycles. The maximum absolute atomic E-state index is 10.3. The van der Waals surface area contributed by atoms with E-state index in [0.717, 1.165) is 18.2 Å². The lowest BCUT2D eigenvalue weighted by molar-refractivity contribution is -0.401. The Morgan fingerprint density at radius 2 is 2.00 bits per heavy atom.